The molecular formula is C18H16N4OS2. The molecule has 0 aliphatic carbocycles. The normalized spacial score (nSPS) is 18.0. The number of ether oxygens (including phenoxy) is 1. The van der Waals surface area contributed by atoms with Gasteiger partial charge in [0, 0.05) is 6.61 Å². The maximum Gasteiger partial charge on any atom is 0.166 e. The summed E-state index contributed by atoms with van der Waals surface area (Å²) in [7, 11) is 0. The zero-order chi connectivity index (χ0) is 16.6. The molecule has 1 aliphatic rings. The lowest BCUT2D eigenvalue weighted by Gasteiger charge is -2.25. The summed E-state index contributed by atoms with van der Waals surface area (Å²) in [6.45, 7) is 0.789. The van der Waals surface area contributed by atoms with Crippen molar-refractivity contribution in [2.45, 2.75) is 25.5 Å². The summed E-state index contributed by atoms with van der Waals surface area (Å²) in [5.41, 5.74) is 2.60. The van der Waals surface area contributed by atoms with Crippen LogP contribution >= 0.6 is 22.7 Å². The van der Waals surface area contributed by atoms with E-state index in [0.29, 0.717) is 0 Å². The van der Waals surface area contributed by atoms with Gasteiger partial charge in [0.25, 0.3) is 0 Å². The first-order chi connectivity index (χ1) is 12.4. The van der Waals surface area contributed by atoms with E-state index in [1.54, 1.807) is 29.0 Å². The van der Waals surface area contributed by atoms with Gasteiger partial charge in [0.1, 0.15) is 23.8 Å². The summed E-state index contributed by atoms with van der Waals surface area (Å²) in [6, 6.07) is 8.27. The Bertz CT molecular complexity index is 986. The van der Waals surface area contributed by atoms with Gasteiger partial charge < -0.3 is 4.74 Å². The first-order valence-electron chi connectivity index (χ1n) is 8.34. The summed E-state index contributed by atoms with van der Waals surface area (Å²) >= 11 is 3.36. The molecule has 0 N–H and O–H groups in total. The fourth-order valence-corrected chi connectivity index (χ4v) is 4.71. The van der Waals surface area contributed by atoms with Crippen molar-refractivity contribution in [3.63, 3.8) is 0 Å². The molecule has 1 fully saturated rings. The minimum Gasteiger partial charge on any atom is -0.358 e. The number of nitrogens with zero attached hydrogens (tertiary/aromatic N) is 4. The Balaban J connectivity index is 1.77. The fourth-order valence-electron chi connectivity index (χ4n) is 3.28. The van der Waals surface area contributed by atoms with E-state index >= 15 is 0 Å². The van der Waals surface area contributed by atoms with Gasteiger partial charge in [-0.15, -0.1) is 22.7 Å². The summed E-state index contributed by atoms with van der Waals surface area (Å²) < 4.78 is 8.24. The maximum absolute atomic E-state index is 6.07. The van der Waals surface area contributed by atoms with Crippen LogP contribution in [0.2, 0.25) is 0 Å². The average Bonchev–Trinajstić information content (AvgIpc) is 3.41. The van der Waals surface area contributed by atoms with Crippen molar-refractivity contribution in [1.82, 2.24) is 19.5 Å². The van der Waals surface area contributed by atoms with E-state index in [9.17, 15) is 0 Å². The van der Waals surface area contributed by atoms with Gasteiger partial charge in [-0.05, 0) is 42.2 Å². The van der Waals surface area contributed by atoms with Crippen LogP contribution < -0.4 is 0 Å². The van der Waals surface area contributed by atoms with Crippen molar-refractivity contribution in [2.24, 2.45) is 0 Å². The number of imidazole rings is 1. The first-order valence-corrected chi connectivity index (χ1v) is 10.1. The molecule has 0 saturated carbocycles. The highest BCUT2D eigenvalue weighted by atomic mass is 32.1. The molecule has 1 unspecified atom stereocenters. The van der Waals surface area contributed by atoms with Crippen LogP contribution in [0.5, 0.6) is 0 Å². The number of hydrogen-bond donors (Lipinski definition) is 0. The average molecular weight is 368 g/mol. The summed E-state index contributed by atoms with van der Waals surface area (Å²) in [5, 5.41) is 4.14. The minimum atomic E-state index is -0.0121. The molecule has 0 aromatic carbocycles. The Morgan fingerprint density at radius 2 is 1.88 bits per heavy atom. The van der Waals surface area contributed by atoms with Crippen molar-refractivity contribution >= 4 is 33.8 Å². The monoisotopic (exact) mass is 368 g/mol. The summed E-state index contributed by atoms with van der Waals surface area (Å²) in [6.07, 6.45) is 4.89. The smallest absolute Gasteiger partial charge is 0.166 e. The highest BCUT2D eigenvalue weighted by Gasteiger charge is 2.26. The third-order valence-electron chi connectivity index (χ3n) is 4.42. The van der Waals surface area contributed by atoms with Gasteiger partial charge in [-0.1, -0.05) is 12.1 Å². The predicted octanol–water partition coefficient (Wildman–Crippen LogP) is 4.98. The molecular weight excluding hydrogens is 352 g/mol. The van der Waals surface area contributed by atoms with Crippen molar-refractivity contribution in [2.75, 3.05) is 6.61 Å². The zero-order valence-corrected chi connectivity index (χ0v) is 15.1. The van der Waals surface area contributed by atoms with Gasteiger partial charge in [0.05, 0.1) is 9.75 Å². The number of hydrogen-bond acceptors (Lipinski definition) is 6. The molecule has 126 valence electrons. The number of rotatable bonds is 3. The van der Waals surface area contributed by atoms with Crippen molar-refractivity contribution in [3.05, 3.63) is 41.4 Å². The minimum absolute atomic E-state index is 0.0121. The van der Waals surface area contributed by atoms with Gasteiger partial charge in [-0.3, -0.25) is 4.57 Å². The number of aromatic nitrogens is 4. The lowest BCUT2D eigenvalue weighted by atomic mass is 10.2. The van der Waals surface area contributed by atoms with E-state index in [1.165, 1.54) is 0 Å². The largest absolute Gasteiger partial charge is 0.358 e. The Kier molecular flexibility index (Phi) is 3.84. The van der Waals surface area contributed by atoms with Crippen molar-refractivity contribution in [3.8, 4) is 21.3 Å². The molecule has 1 saturated heterocycles. The van der Waals surface area contributed by atoms with Crippen LogP contribution in [-0.2, 0) is 4.74 Å². The Hall–Kier alpha value is -2.09. The standard InChI is InChI=1S/C18H16N4OS2/c1-2-8-23-14(7-1)22-17(13-6-4-10-25-13)21-16-15(12-5-3-9-24-12)19-11-20-18(16)22/h3-6,9-11,14H,1-2,7-8H2. The molecule has 25 heavy (non-hydrogen) atoms. The molecule has 5 rings (SSSR count). The van der Waals surface area contributed by atoms with Crippen LogP contribution in [-0.4, -0.2) is 26.1 Å². The molecule has 7 heteroatoms. The summed E-state index contributed by atoms with van der Waals surface area (Å²) in [5.74, 6) is 0.926. The lowest BCUT2D eigenvalue weighted by molar-refractivity contribution is -0.0287. The van der Waals surface area contributed by atoms with Crippen molar-refractivity contribution in [1.29, 1.82) is 0 Å². The second-order valence-corrected chi connectivity index (χ2v) is 7.87. The first kappa shape index (κ1) is 15.2. The Morgan fingerprint density at radius 3 is 2.60 bits per heavy atom. The summed E-state index contributed by atoms with van der Waals surface area (Å²) in [4.78, 5) is 16.3. The van der Waals surface area contributed by atoms with Gasteiger partial charge in [0.15, 0.2) is 11.5 Å². The molecule has 0 bridgehead atoms. The number of fused-ring (bicyclic) bond motifs is 1. The van der Waals surface area contributed by atoms with Crippen LogP contribution in [0.25, 0.3) is 32.4 Å². The molecule has 4 aromatic heterocycles. The van der Waals surface area contributed by atoms with Crippen LogP contribution in [0.1, 0.15) is 25.5 Å². The van der Waals surface area contributed by atoms with Crippen LogP contribution in [0.3, 0.4) is 0 Å². The Labute approximate surface area is 153 Å². The Morgan fingerprint density at radius 1 is 1.04 bits per heavy atom. The van der Waals surface area contributed by atoms with Crippen molar-refractivity contribution < 1.29 is 4.74 Å². The van der Waals surface area contributed by atoms with E-state index in [2.05, 4.69) is 43.5 Å². The highest BCUT2D eigenvalue weighted by molar-refractivity contribution is 7.13. The van der Waals surface area contributed by atoms with E-state index in [1.807, 2.05) is 6.07 Å². The molecule has 5 nitrogen and oxygen atoms in total. The molecule has 0 radical (unpaired) electrons. The second kappa shape index (κ2) is 6.33. The van der Waals surface area contributed by atoms with Crippen LogP contribution in [0, 0.1) is 0 Å². The highest BCUT2D eigenvalue weighted by Crippen LogP contribution is 2.37. The van der Waals surface area contributed by atoms with E-state index < -0.39 is 0 Å². The zero-order valence-electron chi connectivity index (χ0n) is 13.5. The third-order valence-corrected chi connectivity index (χ3v) is 6.16. The molecule has 4 aromatic rings. The molecule has 0 amide bonds. The molecule has 5 heterocycles. The van der Waals surface area contributed by atoms with E-state index in [-0.39, 0.29) is 6.23 Å². The van der Waals surface area contributed by atoms with Gasteiger partial charge in [-0.2, -0.15) is 0 Å². The van der Waals surface area contributed by atoms with Crippen LogP contribution in [0.15, 0.2) is 41.4 Å². The topological polar surface area (TPSA) is 52.8 Å². The molecule has 1 aliphatic heterocycles. The van der Waals surface area contributed by atoms with E-state index in [0.717, 1.165) is 58.3 Å². The maximum atomic E-state index is 6.07. The van der Waals surface area contributed by atoms with Gasteiger partial charge in [0.2, 0.25) is 0 Å². The fraction of sp³-hybridized carbons (Fsp3) is 0.278. The van der Waals surface area contributed by atoms with Gasteiger partial charge in [-0.25, -0.2) is 15.0 Å². The SMILES string of the molecule is c1csc(-c2ncnc3c2nc(-c2cccs2)n3C2CCCCO2)c1. The van der Waals surface area contributed by atoms with Crippen LogP contribution in [0.4, 0.5) is 0 Å². The predicted molar refractivity (Wildman–Crippen MR) is 101 cm³/mol. The number of thiophene rings is 2. The lowest BCUT2D eigenvalue weighted by Crippen LogP contribution is -2.19. The third kappa shape index (κ3) is 2.59. The molecule has 0 spiro atoms. The van der Waals surface area contributed by atoms with Gasteiger partial charge >= 0.3 is 0 Å². The molecule has 1 atom stereocenters. The quantitative estimate of drug-likeness (QED) is 0.512. The van der Waals surface area contributed by atoms with E-state index in [4.69, 9.17) is 9.72 Å². The second-order valence-electron chi connectivity index (χ2n) is 5.98.